The van der Waals surface area contributed by atoms with Crippen molar-refractivity contribution in [2.45, 2.75) is 6.42 Å². The zero-order valence-electron chi connectivity index (χ0n) is 17.5. The van der Waals surface area contributed by atoms with Gasteiger partial charge < -0.3 is 10.2 Å². The number of nitriles is 1. The zero-order chi connectivity index (χ0) is 21.5. The van der Waals surface area contributed by atoms with Gasteiger partial charge in [0, 0.05) is 37.6 Å². The molecule has 31 heavy (non-hydrogen) atoms. The third-order valence-electron chi connectivity index (χ3n) is 5.59. The van der Waals surface area contributed by atoms with Gasteiger partial charge in [-0.1, -0.05) is 42.5 Å². The number of nitrogens with zero attached hydrogens (tertiary/aromatic N) is 3. The summed E-state index contributed by atoms with van der Waals surface area (Å²) in [5, 5.41) is 12.0. The van der Waals surface area contributed by atoms with Gasteiger partial charge in [0.2, 0.25) is 5.91 Å². The Kier molecular flexibility index (Phi) is 6.61. The van der Waals surface area contributed by atoms with Crippen LogP contribution in [0.15, 0.2) is 78.9 Å². The number of hydrogen-bond donors (Lipinski definition) is 1. The summed E-state index contributed by atoms with van der Waals surface area (Å²) in [6.45, 7) is 3.94. The van der Waals surface area contributed by atoms with Gasteiger partial charge in [-0.25, -0.2) is 0 Å². The number of rotatable bonds is 5. The Morgan fingerprint density at radius 3 is 2.26 bits per heavy atom. The molecule has 1 saturated heterocycles. The molecule has 0 saturated carbocycles. The van der Waals surface area contributed by atoms with E-state index >= 15 is 0 Å². The molecule has 3 aromatic rings. The van der Waals surface area contributed by atoms with Crippen molar-refractivity contribution in [3.63, 3.8) is 0 Å². The van der Waals surface area contributed by atoms with Crippen molar-refractivity contribution in [3.05, 3.63) is 84.4 Å². The van der Waals surface area contributed by atoms with Crippen LogP contribution in [0.2, 0.25) is 0 Å². The quantitative estimate of drug-likeness (QED) is 0.678. The number of hydrogen-bond acceptors (Lipinski definition) is 4. The number of anilines is 2. The molecule has 1 N–H and O–H groups in total. The van der Waals surface area contributed by atoms with Gasteiger partial charge in [-0.2, -0.15) is 5.26 Å². The van der Waals surface area contributed by atoms with Gasteiger partial charge in [0.1, 0.15) is 0 Å². The standard InChI is InChI=1S/C26H26N4O/c27-19-21-7-13-25(14-8-21)30-16-4-15-29(17-18-30)20-26(31)28-24-11-9-23(10-12-24)22-5-2-1-3-6-22/h1-3,5-14H,4,15-18,20H2,(H,28,31). The molecule has 3 aromatic carbocycles. The van der Waals surface area contributed by atoms with Gasteiger partial charge in [0.25, 0.3) is 0 Å². The molecule has 0 spiro atoms. The number of carbonyl (C=O) groups is 1. The van der Waals surface area contributed by atoms with E-state index in [0.29, 0.717) is 12.1 Å². The first-order valence-corrected chi connectivity index (χ1v) is 10.6. The lowest BCUT2D eigenvalue weighted by Gasteiger charge is -2.23. The van der Waals surface area contributed by atoms with E-state index in [2.05, 4.69) is 33.3 Å². The lowest BCUT2D eigenvalue weighted by Crippen LogP contribution is -2.36. The average Bonchev–Trinajstić information content (AvgIpc) is 3.06. The van der Waals surface area contributed by atoms with Crippen LogP contribution < -0.4 is 10.2 Å². The molecule has 0 aromatic heterocycles. The number of nitrogens with one attached hydrogen (secondary N) is 1. The van der Waals surface area contributed by atoms with Crippen LogP contribution in [0.5, 0.6) is 0 Å². The van der Waals surface area contributed by atoms with Crippen LogP contribution in [0.4, 0.5) is 11.4 Å². The molecule has 0 unspecified atom stereocenters. The van der Waals surface area contributed by atoms with E-state index in [9.17, 15) is 4.79 Å². The largest absolute Gasteiger partial charge is 0.370 e. The normalized spacial score (nSPS) is 14.5. The second-order valence-electron chi connectivity index (χ2n) is 7.77. The molecule has 0 radical (unpaired) electrons. The summed E-state index contributed by atoms with van der Waals surface area (Å²) in [6, 6.07) is 28.0. The van der Waals surface area contributed by atoms with Gasteiger partial charge in [-0.05, 0) is 53.9 Å². The minimum Gasteiger partial charge on any atom is -0.370 e. The van der Waals surface area contributed by atoms with Crippen molar-refractivity contribution in [3.8, 4) is 17.2 Å². The highest BCUT2D eigenvalue weighted by atomic mass is 16.2. The van der Waals surface area contributed by atoms with E-state index in [1.165, 1.54) is 0 Å². The second-order valence-corrected chi connectivity index (χ2v) is 7.77. The van der Waals surface area contributed by atoms with Gasteiger partial charge in [-0.3, -0.25) is 9.69 Å². The molecular weight excluding hydrogens is 384 g/mol. The minimum atomic E-state index is 0.0132. The first kappa shape index (κ1) is 20.6. The molecule has 0 bridgehead atoms. The summed E-state index contributed by atoms with van der Waals surface area (Å²) >= 11 is 0. The highest BCUT2D eigenvalue weighted by molar-refractivity contribution is 5.92. The minimum absolute atomic E-state index is 0.0132. The summed E-state index contributed by atoms with van der Waals surface area (Å²) in [6.07, 6.45) is 0.999. The van der Waals surface area contributed by atoms with Gasteiger partial charge in [-0.15, -0.1) is 0 Å². The van der Waals surface area contributed by atoms with E-state index < -0.39 is 0 Å². The van der Waals surface area contributed by atoms with Crippen LogP contribution in [0.25, 0.3) is 11.1 Å². The van der Waals surface area contributed by atoms with Crippen LogP contribution >= 0.6 is 0 Å². The van der Waals surface area contributed by atoms with Crippen molar-refractivity contribution in [1.82, 2.24) is 4.90 Å². The third-order valence-corrected chi connectivity index (χ3v) is 5.59. The molecule has 1 aliphatic heterocycles. The molecule has 0 atom stereocenters. The van der Waals surface area contributed by atoms with Crippen LogP contribution in [-0.4, -0.2) is 43.5 Å². The topological polar surface area (TPSA) is 59.4 Å². The highest BCUT2D eigenvalue weighted by Gasteiger charge is 2.17. The summed E-state index contributed by atoms with van der Waals surface area (Å²) < 4.78 is 0. The zero-order valence-corrected chi connectivity index (χ0v) is 17.5. The highest BCUT2D eigenvalue weighted by Crippen LogP contribution is 2.21. The van der Waals surface area contributed by atoms with Crippen LogP contribution in [-0.2, 0) is 4.79 Å². The molecule has 4 rings (SSSR count). The van der Waals surface area contributed by atoms with E-state index in [-0.39, 0.29) is 5.91 Å². The molecule has 5 nitrogen and oxygen atoms in total. The maximum absolute atomic E-state index is 12.6. The number of carbonyl (C=O) groups excluding carboxylic acids is 1. The van der Waals surface area contributed by atoms with Crippen LogP contribution in [0, 0.1) is 11.3 Å². The molecule has 1 heterocycles. The second kappa shape index (κ2) is 9.92. The fraction of sp³-hybridized carbons (Fsp3) is 0.231. The molecule has 156 valence electrons. The predicted octanol–water partition coefficient (Wildman–Crippen LogP) is 4.38. The fourth-order valence-electron chi connectivity index (χ4n) is 3.91. The summed E-state index contributed by atoms with van der Waals surface area (Å²) in [7, 11) is 0. The lowest BCUT2D eigenvalue weighted by atomic mass is 10.1. The maximum Gasteiger partial charge on any atom is 0.238 e. The van der Waals surface area contributed by atoms with Crippen molar-refractivity contribution in [1.29, 1.82) is 5.26 Å². The van der Waals surface area contributed by atoms with Gasteiger partial charge in [0.05, 0.1) is 18.2 Å². The summed E-state index contributed by atoms with van der Waals surface area (Å²) in [4.78, 5) is 17.1. The Morgan fingerprint density at radius 2 is 1.55 bits per heavy atom. The van der Waals surface area contributed by atoms with E-state index in [0.717, 1.165) is 55.1 Å². The van der Waals surface area contributed by atoms with Gasteiger partial charge in [0.15, 0.2) is 0 Å². The Bertz CT molecular complexity index is 1040. The first-order chi connectivity index (χ1) is 15.2. The fourth-order valence-corrected chi connectivity index (χ4v) is 3.91. The molecule has 5 heteroatoms. The lowest BCUT2D eigenvalue weighted by molar-refractivity contribution is -0.117. The van der Waals surface area contributed by atoms with E-state index in [1.807, 2.05) is 66.7 Å². The van der Waals surface area contributed by atoms with Gasteiger partial charge >= 0.3 is 0 Å². The monoisotopic (exact) mass is 410 g/mol. The molecule has 1 fully saturated rings. The predicted molar refractivity (Wildman–Crippen MR) is 125 cm³/mol. The van der Waals surface area contributed by atoms with Crippen molar-refractivity contribution >= 4 is 17.3 Å². The van der Waals surface area contributed by atoms with Crippen molar-refractivity contribution < 1.29 is 4.79 Å². The molecular formula is C26H26N4O. The maximum atomic E-state index is 12.6. The SMILES string of the molecule is N#Cc1ccc(N2CCCN(CC(=O)Nc3ccc(-c4ccccc4)cc3)CC2)cc1. The Labute approximate surface area is 183 Å². The number of benzene rings is 3. The van der Waals surface area contributed by atoms with Crippen molar-refractivity contribution in [2.24, 2.45) is 0 Å². The Hall–Kier alpha value is -3.62. The molecule has 1 amide bonds. The summed E-state index contributed by atoms with van der Waals surface area (Å²) in [5.41, 5.74) is 4.92. The summed E-state index contributed by atoms with van der Waals surface area (Å²) in [5.74, 6) is 0.0132. The molecule has 1 aliphatic rings. The van der Waals surface area contributed by atoms with Crippen LogP contribution in [0.3, 0.4) is 0 Å². The first-order valence-electron chi connectivity index (χ1n) is 10.6. The smallest absolute Gasteiger partial charge is 0.238 e. The Morgan fingerprint density at radius 1 is 0.839 bits per heavy atom. The van der Waals surface area contributed by atoms with E-state index in [4.69, 9.17) is 5.26 Å². The average molecular weight is 411 g/mol. The molecule has 0 aliphatic carbocycles. The Balaban J connectivity index is 1.29. The van der Waals surface area contributed by atoms with Crippen molar-refractivity contribution in [2.75, 3.05) is 42.9 Å². The van der Waals surface area contributed by atoms with E-state index in [1.54, 1.807) is 0 Å². The number of amides is 1. The van der Waals surface area contributed by atoms with Crippen LogP contribution in [0.1, 0.15) is 12.0 Å². The third kappa shape index (κ3) is 5.50.